The molecule has 0 spiro atoms. The first-order valence-corrected chi connectivity index (χ1v) is 9.20. The minimum atomic E-state index is 0.115. The summed E-state index contributed by atoms with van der Waals surface area (Å²) in [5.74, 6) is 1.76. The highest BCUT2D eigenvalue weighted by molar-refractivity contribution is 5.78. The summed E-state index contributed by atoms with van der Waals surface area (Å²) in [5, 5.41) is 6.40. The lowest BCUT2D eigenvalue weighted by Crippen LogP contribution is -2.40. The van der Waals surface area contributed by atoms with Gasteiger partial charge in [0.1, 0.15) is 13.2 Å². The van der Waals surface area contributed by atoms with Gasteiger partial charge in [0.05, 0.1) is 6.54 Å². The van der Waals surface area contributed by atoms with Crippen molar-refractivity contribution in [3.8, 4) is 11.5 Å². The van der Waals surface area contributed by atoms with E-state index in [0.29, 0.717) is 25.8 Å². The molecular formula is C19H28N2O3. The summed E-state index contributed by atoms with van der Waals surface area (Å²) >= 11 is 0. The zero-order valence-corrected chi connectivity index (χ0v) is 14.3. The van der Waals surface area contributed by atoms with Crippen molar-refractivity contribution in [1.82, 2.24) is 10.6 Å². The molecular weight excluding hydrogens is 304 g/mol. The first-order valence-electron chi connectivity index (χ1n) is 9.20. The highest BCUT2D eigenvalue weighted by Crippen LogP contribution is 2.30. The molecule has 1 amide bonds. The van der Waals surface area contributed by atoms with Gasteiger partial charge >= 0.3 is 0 Å². The van der Waals surface area contributed by atoms with Crippen LogP contribution in [-0.2, 0) is 11.2 Å². The van der Waals surface area contributed by atoms with E-state index in [1.807, 2.05) is 12.1 Å². The Balaban J connectivity index is 1.35. The number of hydrogen-bond donors (Lipinski definition) is 2. The largest absolute Gasteiger partial charge is 0.486 e. The second-order valence-electron chi connectivity index (χ2n) is 6.66. The first kappa shape index (κ1) is 17.1. The molecule has 1 fully saturated rings. The van der Waals surface area contributed by atoms with Crippen LogP contribution in [0.15, 0.2) is 18.2 Å². The van der Waals surface area contributed by atoms with Crippen molar-refractivity contribution in [3.05, 3.63) is 23.8 Å². The van der Waals surface area contributed by atoms with Crippen molar-refractivity contribution in [2.45, 2.75) is 51.0 Å². The molecule has 0 radical (unpaired) electrons. The molecule has 1 aliphatic heterocycles. The van der Waals surface area contributed by atoms with E-state index < -0.39 is 0 Å². The second kappa shape index (κ2) is 8.92. The molecule has 1 heterocycles. The van der Waals surface area contributed by atoms with Crippen LogP contribution < -0.4 is 20.1 Å². The Morgan fingerprint density at radius 3 is 2.58 bits per heavy atom. The third-order valence-electron chi connectivity index (χ3n) is 4.70. The quantitative estimate of drug-likeness (QED) is 0.620. The molecule has 0 saturated heterocycles. The van der Waals surface area contributed by atoms with Crippen LogP contribution in [0.1, 0.15) is 44.1 Å². The number of carbonyl (C=O) groups excluding carboxylic acids is 1. The fraction of sp³-hybridized carbons (Fsp3) is 0.632. The van der Waals surface area contributed by atoms with Crippen LogP contribution in [0.5, 0.6) is 11.5 Å². The van der Waals surface area contributed by atoms with Crippen molar-refractivity contribution in [1.29, 1.82) is 0 Å². The van der Waals surface area contributed by atoms with Gasteiger partial charge in [0, 0.05) is 6.04 Å². The average Bonchev–Trinajstić information content (AvgIpc) is 2.87. The molecule has 24 heavy (non-hydrogen) atoms. The summed E-state index contributed by atoms with van der Waals surface area (Å²) in [6.45, 7) is 2.39. The van der Waals surface area contributed by atoms with Gasteiger partial charge in [-0.15, -0.1) is 0 Å². The normalized spacial score (nSPS) is 18.0. The number of carbonyl (C=O) groups is 1. The zero-order valence-electron chi connectivity index (χ0n) is 14.3. The maximum Gasteiger partial charge on any atom is 0.234 e. The maximum absolute atomic E-state index is 12.0. The van der Waals surface area contributed by atoms with Gasteiger partial charge in [0.15, 0.2) is 11.5 Å². The molecule has 3 rings (SSSR count). The summed E-state index contributed by atoms with van der Waals surface area (Å²) in [4.78, 5) is 12.0. The van der Waals surface area contributed by atoms with Crippen LogP contribution in [0, 0.1) is 0 Å². The van der Waals surface area contributed by atoms with Crippen molar-refractivity contribution >= 4 is 5.91 Å². The highest BCUT2D eigenvalue weighted by atomic mass is 16.6. The van der Waals surface area contributed by atoms with E-state index in [1.54, 1.807) is 0 Å². The molecule has 2 N–H and O–H groups in total. The molecule has 0 unspecified atom stereocenters. The topological polar surface area (TPSA) is 59.6 Å². The Morgan fingerprint density at radius 1 is 1.04 bits per heavy atom. The van der Waals surface area contributed by atoms with Crippen molar-refractivity contribution in [3.63, 3.8) is 0 Å². The van der Waals surface area contributed by atoms with Crippen LogP contribution in [0.2, 0.25) is 0 Å². The Morgan fingerprint density at radius 2 is 1.79 bits per heavy atom. The van der Waals surface area contributed by atoms with Gasteiger partial charge in [-0.2, -0.15) is 0 Å². The summed E-state index contributed by atoms with van der Waals surface area (Å²) < 4.78 is 11.1. The predicted molar refractivity (Wildman–Crippen MR) is 93.6 cm³/mol. The van der Waals surface area contributed by atoms with E-state index in [1.165, 1.54) is 31.2 Å². The fourth-order valence-corrected chi connectivity index (χ4v) is 3.38. The Bertz CT molecular complexity index is 539. The molecule has 0 atom stereocenters. The number of ether oxygens (including phenoxy) is 2. The van der Waals surface area contributed by atoms with Gasteiger partial charge in [-0.05, 0) is 43.5 Å². The smallest absolute Gasteiger partial charge is 0.234 e. The van der Waals surface area contributed by atoms with Crippen LogP contribution in [0.3, 0.4) is 0 Å². The van der Waals surface area contributed by atoms with Gasteiger partial charge in [-0.1, -0.05) is 31.7 Å². The van der Waals surface area contributed by atoms with E-state index in [4.69, 9.17) is 9.47 Å². The van der Waals surface area contributed by atoms with Gasteiger partial charge in [-0.3, -0.25) is 4.79 Å². The molecule has 2 aliphatic rings. The van der Waals surface area contributed by atoms with Gasteiger partial charge < -0.3 is 20.1 Å². The molecule has 5 heteroatoms. The second-order valence-corrected chi connectivity index (χ2v) is 6.66. The number of nitrogens with one attached hydrogen (secondary N) is 2. The van der Waals surface area contributed by atoms with E-state index in [9.17, 15) is 4.79 Å². The monoisotopic (exact) mass is 332 g/mol. The van der Waals surface area contributed by atoms with Crippen molar-refractivity contribution in [2.24, 2.45) is 0 Å². The van der Waals surface area contributed by atoms with Crippen LogP contribution >= 0.6 is 0 Å². The minimum absolute atomic E-state index is 0.115. The maximum atomic E-state index is 12.0. The number of benzene rings is 1. The third-order valence-corrected chi connectivity index (χ3v) is 4.70. The molecule has 1 aromatic rings. The third kappa shape index (κ3) is 5.13. The summed E-state index contributed by atoms with van der Waals surface area (Å²) in [6.07, 6.45) is 8.21. The van der Waals surface area contributed by atoms with E-state index >= 15 is 0 Å². The molecule has 1 aliphatic carbocycles. The molecule has 1 aromatic carbocycles. The molecule has 0 aromatic heterocycles. The Labute approximate surface area is 144 Å². The highest BCUT2D eigenvalue weighted by Gasteiger charge is 2.14. The lowest BCUT2D eigenvalue weighted by Gasteiger charge is -2.19. The standard InChI is InChI=1S/C19H28N2O3/c22-19(21-16-5-3-1-2-4-6-16)14-20-10-9-15-7-8-17-18(13-15)24-12-11-23-17/h7-8,13,16,20H,1-6,9-12,14H2,(H,21,22). The van der Waals surface area contributed by atoms with E-state index in [0.717, 1.165) is 37.3 Å². The molecule has 0 bridgehead atoms. The molecule has 5 nitrogen and oxygen atoms in total. The minimum Gasteiger partial charge on any atom is -0.486 e. The van der Waals surface area contributed by atoms with Crippen LogP contribution in [0.25, 0.3) is 0 Å². The van der Waals surface area contributed by atoms with E-state index in [-0.39, 0.29) is 5.91 Å². The van der Waals surface area contributed by atoms with Crippen molar-refractivity contribution < 1.29 is 14.3 Å². The first-order chi connectivity index (χ1) is 11.8. The van der Waals surface area contributed by atoms with Gasteiger partial charge in [-0.25, -0.2) is 0 Å². The van der Waals surface area contributed by atoms with Gasteiger partial charge in [0.25, 0.3) is 0 Å². The van der Waals surface area contributed by atoms with E-state index in [2.05, 4.69) is 16.7 Å². The zero-order chi connectivity index (χ0) is 16.6. The summed E-state index contributed by atoms with van der Waals surface area (Å²) in [5.41, 5.74) is 1.19. The SMILES string of the molecule is O=C(CNCCc1ccc2c(c1)OCCO2)NC1CCCCCC1. The summed E-state index contributed by atoms with van der Waals surface area (Å²) in [6, 6.07) is 6.42. The van der Waals surface area contributed by atoms with Crippen LogP contribution in [-0.4, -0.2) is 38.3 Å². The van der Waals surface area contributed by atoms with Crippen molar-refractivity contribution in [2.75, 3.05) is 26.3 Å². The number of amides is 1. The lowest BCUT2D eigenvalue weighted by molar-refractivity contribution is -0.121. The molecule has 1 saturated carbocycles. The number of fused-ring (bicyclic) bond motifs is 1. The summed E-state index contributed by atoms with van der Waals surface area (Å²) in [7, 11) is 0. The van der Waals surface area contributed by atoms with Gasteiger partial charge in [0.2, 0.25) is 5.91 Å². The predicted octanol–water partition coefficient (Wildman–Crippen LogP) is 2.43. The average molecular weight is 332 g/mol. The Hall–Kier alpha value is -1.75. The lowest BCUT2D eigenvalue weighted by atomic mass is 10.1. The number of rotatable bonds is 6. The van der Waals surface area contributed by atoms with Crippen LogP contribution in [0.4, 0.5) is 0 Å². The Kier molecular flexibility index (Phi) is 6.35. The number of hydrogen-bond acceptors (Lipinski definition) is 4. The fourth-order valence-electron chi connectivity index (χ4n) is 3.38. The molecule has 132 valence electrons.